The minimum Gasteiger partial charge on any atom is -0.354 e. The van der Waals surface area contributed by atoms with Gasteiger partial charge < -0.3 is 15.5 Å². The quantitative estimate of drug-likeness (QED) is 0.398. The second-order valence-electron chi connectivity index (χ2n) is 10.1. The van der Waals surface area contributed by atoms with E-state index in [2.05, 4.69) is 15.6 Å². The van der Waals surface area contributed by atoms with Crippen LogP contribution in [0.5, 0.6) is 0 Å². The number of rotatable bonds is 9. The topological polar surface area (TPSA) is 94.6 Å². The standard InChI is InChI=1S/C31H30F3N5O3/c1-2-38-25-19-39(29(41)26(25)27(37-30(38)42)22-13-6-7-14-23(22)31(32,33)34)24(18-20-10-4-3-5-11-20)28(40)36-17-15-21-12-8-9-16-35-21/h3-14,16,24,27H,2,15,17-19H2,1H3,(H,36,40)(H,37,42)/t24-,27+/m1/s1. The van der Waals surface area contributed by atoms with Crippen LogP contribution in [-0.4, -0.2) is 58.3 Å². The van der Waals surface area contributed by atoms with Crippen LogP contribution in [0, 0.1) is 0 Å². The lowest BCUT2D eigenvalue weighted by atomic mass is 9.91. The molecule has 0 fully saturated rings. The van der Waals surface area contributed by atoms with Crippen LogP contribution in [-0.2, 0) is 28.6 Å². The Morgan fingerprint density at radius 1 is 1.05 bits per heavy atom. The molecule has 2 N–H and O–H groups in total. The van der Waals surface area contributed by atoms with Crippen molar-refractivity contribution >= 4 is 17.8 Å². The summed E-state index contributed by atoms with van der Waals surface area (Å²) in [6, 6.07) is 16.7. The van der Waals surface area contributed by atoms with E-state index in [0.29, 0.717) is 12.1 Å². The van der Waals surface area contributed by atoms with E-state index < -0.39 is 41.7 Å². The van der Waals surface area contributed by atoms with Gasteiger partial charge in [-0.3, -0.25) is 19.5 Å². The number of carbonyl (C=O) groups excluding carboxylic acids is 3. The molecule has 3 heterocycles. The van der Waals surface area contributed by atoms with E-state index >= 15 is 0 Å². The molecule has 42 heavy (non-hydrogen) atoms. The summed E-state index contributed by atoms with van der Waals surface area (Å²) in [7, 11) is 0. The molecule has 218 valence electrons. The Morgan fingerprint density at radius 3 is 2.45 bits per heavy atom. The van der Waals surface area contributed by atoms with Gasteiger partial charge in [0.1, 0.15) is 6.04 Å². The van der Waals surface area contributed by atoms with Crippen LogP contribution >= 0.6 is 0 Å². The van der Waals surface area contributed by atoms with Crippen molar-refractivity contribution in [3.63, 3.8) is 0 Å². The van der Waals surface area contributed by atoms with Crippen molar-refractivity contribution in [1.82, 2.24) is 25.4 Å². The van der Waals surface area contributed by atoms with E-state index in [1.165, 1.54) is 28.0 Å². The van der Waals surface area contributed by atoms with Crippen LogP contribution in [0.2, 0.25) is 0 Å². The molecule has 2 atom stereocenters. The number of benzene rings is 2. The third-order valence-electron chi connectivity index (χ3n) is 7.50. The average Bonchev–Trinajstić information content (AvgIpc) is 3.32. The zero-order valence-electron chi connectivity index (χ0n) is 22.9. The molecule has 0 unspecified atom stereocenters. The highest BCUT2D eigenvalue weighted by molar-refractivity contribution is 6.03. The zero-order chi connectivity index (χ0) is 29.9. The number of alkyl halides is 3. The van der Waals surface area contributed by atoms with Crippen LogP contribution in [0.25, 0.3) is 0 Å². The number of carbonyl (C=O) groups is 3. The first-order chi connectivity index (χ1) is 20.2. The minimum atomic E-state index is -4.70. The predicted octanol–water partition coefficient (Wildman–Crippen LogP) is 4.25. The average molecular weight is 578 g/mol. The number of pyridine rings is 1. The molecule has 0 saturated carbocycles. The molecule has 4 amide bonds. The molecule has 2 aliphatic rings. The van der Waals surface area contributed by atoms with Gasteiger partial charge in [-0.2, -0.15) is 13.2 Å². The fraction of sp³-hybridized carbons (Fsp3) is 0.290. The van der Waals surface area contributed by atoms with Gasteiger partial charge >= 0.3 is 12.2 Å². The molecule has 2 aromatic carbocycles. The summed E-state index contributed by atoms with van der Waals surface area (Å²) < 4.78 is 42.0. The normalized spacial score (nSPS) is 17.7. The Labute approximate surface area is 241 Å². The van der Waals surface area contributed by atoms with Gasteiger partial charge in [0, 0.05) is 37.8 Å². The highest BCUT2D eigenvalue weighted by Gasteiger charge is 2.48. The van der Waals surface area contributed by atoms with E-state index in [1.807, 2.05) is 42.5 Å². The third kappa shape index (κ3) is 5.86. The molecule has 8 nitrogen and oxygen atoms in total. The first-order valence-corrected chi connectivity index (χ1v) is 13.7. The Morgan fingerprint density at radius 2 is 1.76 bits per heavy atom. The van der Waals surface area contributed by atoms with E-state index in [-0.39, 0.29) is 37.2 Å². The third-order valence-corrected chi connectivity index (χ3v) is 7.50. The molecule has 11 heteroatoms. The number of hydrogen-bond donors (Lipinski definition) is 2. The van der Waals surface area contributed by atoms with Gasteiger partial charge in [0.05, 0.1) is 29.4 Å². The summed E-state index contributed by atoms with van der Waals surface area (Å²) in [5.74, 6) is -0.996. The number of amides is 4. The van der Waals surface area contributed by atoms with Gasteiger partial charge in [0.15, 0.2) is 0 Å². The largest absolute Gasteiger partial charge is 0.416 e. The first-order valence-electron chi connectivity index (χ1n) is 13.7. The number of nitrogens with zero attached hydrogens (tertiary/aromatic N) is 3. The highest BCUT2D eigenvalue weighted by atomic mass is 19.4. The molecule has 1 aromatic heterocycles. The zero-order valence-corrected chi connectivity index (χ0v) is 22.9. The van der Waals surface area contributed by atoms with Gasteiger partial charge in [0.2, 0.25) is 5.91 Å². The second kappa shape index (κ2) is 12.1. The molecule has 3 aromatic rings. The minimum absolute atomic E-state index is 0.0347. The number of likely N-dealkylation sites (N-methyl/N-ethyl adjacent to an activating group) is 1. The van der Waals surface area contributed by atoms with Gasteiger partial charge in [-0.1, -0.05) is 54.6 Å². The Kier molecular flexibility index (Phi) is 8.28. The van der Waals surface area contributed by atoms with E-state index in [4.69, 9.17) is 0 Å². The van der Waals surface area contributed by atoms with Crippen LogP contribution in [0.15, 0.2) is 90.3 Å². The van der Waals surface area contributed by atoms with Crippen molar-refractivity contribution in [3.8, 4) is 0 Å². The highest BCUT2D eigenvalue weighted by Crippen LogP contribution is 2.42. The van der Waals surface area contributed by atoms with Crippen LogP contribution < -0.4 is 10.6 Å². The molecule has 0 saturated heterocycles. The number of urea groups is 1. The van der Waals surface area contributed by atoms with Gasteiger partial charge in [-0.15, -0.1) is 0 Å². The Hall–Kier alpha value is -4.67. The summed E-state index contributed by atoms with van der Waals surface area (Å²) in [5.41, 5.74) is 0.768. The van der Waals surface area contributed by atoms with E-state index in [0.717, 1.165) is 17.3 Å². The second-order valence-corrected chi connectivity index (χ2v) is 10.1. The summed E-state index contributed by atoms with van der Waals surface area (Å²) >= 11 is 0. The lowest BCUT2D eigenvalue weighted by Gasteiger charge is -2.33. The van der Waals surface area contributed by atoms with Crippen molar-refractivity contribution in [2.75, 3.05) is 19.6 Å². The molecule has 0 bridgehead atoms. The number of aromatic nitrogens is 1. The molecular formula is C31H30F3N5O3. The van der Waals surface area contributed by atoms with E-state index in [1.54, 1.807) is 19.2 Å². The summed E-state index contributed by atoms with van der Waals surface area (Å²) in [6.07, 6.45) is -2.38. The van der Waals surface area contributed by atoms with Gasteiger partial charge in [-0.05, 0) is 36.2 Å². The number of hydrogen-bond acceptors (Lipinski definition) is 4. The smallest absolute Gasteiger partial charge is 0.354 e. The van der Waals surface area contributed by atoms with Crippen molar-refractivity contribution in [2.45, 2.75) is 38.0 Å². The van der Waals surface area contributed by atoms with Crippen LogP contribution in [0.3, 0.4) is 0 Å². The van der Waals surface area contributed by atoms with Crippen LogP contribution in [0.1, 0.15) is 35.3 Å². The summed E-state index contributed by atoms with van der Waals surface area (Å²) in [6.45, 7) is 2.09. The molecule has 2 aliphatic heterocycles. The van der Waals surface area contributed by atoms with Crippen LogP contribution in [0.4, 0.5) is 18.0 Å². The maximum absolute atomic E-state index is 14.1. The maximum Gasteiger partial charge on any atom is 0.416 e. The van der Waals surface area contributed by atoms with Crippen molar-refractivity contribution < 1.29 is 27.6 Å². The molecule has 0 spiro atoms. The number of nitrogens with one attached hydrogen (secondary N) is 2. The fourth-order valence-corrected chi connectivity index (χ4v) is 5.50. The van der Waals surface area contributed by atoms with Gasteiger partial charge in [0.25, 0.3) is 5.91 Å². The predicted molar refractivity (Wildman–Crippen MR) is 149 cm³/mol. The molecule has 0 radical (unpaired) electrons. The first kappa shape index (κ1) is 28.8. The molecular weight excluding hydrogens is 547 g/mol. The Bertz CT molecular complexity index is 1490. The lowest BCUT2D eigenvalue weighted by molar-refractivity contribution is -0.138. The number of halogens is 3. The molecule has 0 aliphatic carbocycles. The summed E-state index contributed by atoms with van der Waals surface area (Å²) in [5, 5.41) is 5.51. The maximum atomic E-state index is 14.1. The Balaban J connectivity index is 1.48. The monoisotopic (exact) mass is 577 g/mol. The SMILES string of the molecule is CCN1C(=O)N[C@@H](c2ccccc2C(F)(F)F)C2=C1CN([C@H](Cc1ccccc1)C(=O)NCCc1ccccn1)C2=O. The summed E-state index contributed by atoms with van der Waals surface area (Å²) in [4.78, 5) is 47.8. The molecule has 5 rings (SSSR count). The van der Waals surface area contributed by atoms with E-state index in [9.17, 15) is 27.6 Å². The van der Waals surface area contributed by atoms with Crippen molar-refractivity contribution in [3.05, 3.63) is 113 Å². The fourth-order valence-electron chi connectivity index (χ4n) is 5.50. The van der Waals surface area contributed by atoms with Gasteiger partial charge in [-0.25, -0.2) is 4.79 Å². The lowest BCUT2D eigenvalue weighted by Crippen LogP contribution is -2.50. The van der Waals surface area contributed by atoms with Crippen molar-refractivity contribution in [2.24, 2.45) is 0 Å². The van der Waals surface area contributed by atoms with Crippen molar-refractivity contribution in [1.29, 1.82) is 0 Å².